The number of benzene rings is 1. The zero-order chi connectivity index (χ0) is 17.0. The fourth-order valence-corrected chi connectivity index (χ4v) is 2.01. The maximum atomic E-state index is 11.9. The summed E-state index contributed by atoms with van der Waals surface area (Å²) in [5, 5.41) is 5.04. The Kier molecular flexibility index (Phi) is 5.17. The fraction of sp³-hybridized carbons (Fsp3) is 0.400. The van der Waals surface area contributed by atoms with E-state index < -0.39 is 11.8 Å². The van der Waals surface area contributed by atoms with Crippen molar-refractivity contribution in [2.24, 2.45) is 0 Å². The van der Waals surface area contributed by atoms with Gasteiger partial charge in [-0.15, -0.1) is 0 Å². The summed E-state index contributed by atoms with van der Waals surface area (Å²) >= 11 is 0. The number of carbonyl (C=O) groups is 3. The highest BCUT2D eigenvalue weighted by Gasteiger charge is 2.23. The van der Waals surface area contributed by atoms with Gasteiger partial charge in [0, 0.05) is 25.8 Å². The molecule has 0 saturated heterocycles. The highest BCUT2D eigenvalue weighted by molar-refractivity contribution is 6.39. The summed E-state index contributed by atoms with van der Waals surface area (Å²) < 4.78 is 5.30. The maximum Gasteiger partial charge on any atom is 0.313 e. The molecule has 1 aliphatic rings. The first-order valence-electron chi connectivity index (χ1n) is 7.16. The first-order chi connectivity index (χ1) is 10.9. The predicted octanol–water partition coefficient (Wildman–Crippen LogP) is -0.342. The van der Waals surface area contributed by atoms with Gasteiger partial charge in [0.15, 0.2) is 6.61 Å². The van der Waals surface area contributed by atoms with Crippen LogP contribution in [0.3, 0.4) is 0 Å². The number of nitrogens with zero attached hydrogens (tertiary/aromatic N) is 2. The molecule has 0 aliphatic carbocycles. The molecular weight excluding hydrogens is 300 g/mol. The SMILES string of the molecule is CN(C)CCNC(=O)C(=O)Nc1ccc2c(c1)N(C)C(=O)CO2. The quantitative estimate of drug-likeness (QED) is 0.741. The maximum absolute atomic E-state index is 11.9. The topological polar surface area (TPSA) is 91.0 Å². The summed E-state index contributed by atoms with van der Waals surface area (Å²) in [6.07, 6.45) is 0. The van der Waals surface area contributed by atoms with E-state index in [-0.39, 0.29) is 12.5 Å². The van der Waals surface area contributed by atoms with E-state index in [1.54, 1.807) is 25.2 Å². The Bertz CT molecular complexity index is 630. The van der Waals surface area contributed by atoms with Crippen LogP contribution in [0.15, 0.2) is 18.2 Å². The molecule has 2 rings (SSSR count). The molecule has 0 atom stereocenters. The molecule has 0 spiro atoms. The minimum atomic E-state index is -0.755. The van der Waals surface area contributed by atoms with Gasteiger partial charge in [-0.3, -0.25) is 14.4 Å². The second kappa shape index (κ2) is 7.10. The van der Waals surface area contributed by atoms with Crippen LogP contribution in [-0.2, 0) is 14.4 Å². The molecule has 0 unspecified atom stereocenters. The van der Waals surface area contributed by atoms with Crippen molar-refractivity contribution in [2.75, 3.05) is 51.1 Å². The molecule has 1 aromatic rings. The van der Waals surface area contributed by atoms with Crippen molar-refractivity contribution in [3.8, 4) is 5.75 Å². The molecule has 1 aliphatic heterocycles. The summed E-state index contributed by atoms with van der Waals surface area (Å²) in [6.45, 7) is 1.01. The number of fused-ring (bicyclic) bond motifs is 1. The van der Waals surface area contributed by atoms with Crippen LogP contribution in [0.1, 0.15) is 0 Å². The number of amides is 3. The van der Waals surface area contributed by atoms with Crippen LogP contribution in [-0.4, -0.2) is 63.5 Å². The molecule has 8 heteroatoms. The van der Waals surface area contributed by atoms with Crippen LogP contribution < -0.4 is 20.3 Å². The van der Waals surface area contributed by atoms with Crippen molar-refractivity contribution in [3.63, 3.8) is 0 Å². The fourth-order valence-electron chi connectivity index (χ4n) is 2.01. The lowest BCUT2D eigenvalue weighted by Crippen LogP contribution is -2.39. The van der Waals surface area contributed by atoms with E-state index in [4.69, 9.17) is 4.74 Å². The molecule has 0 radical (unpaired) electrons. The van der Waals surface area contributed by atoms with Gasteiger partial charge in [-0.25, -0.2) is 0 Å². The molecule has 1 aromatic carbocycles. The normalized spacial score (nSPS) is 13.4. The van der Waals surface area contributed by atoms with Crippen molar-refractivity contribution in [3.05, 3.63) is 18.2 Å². The van der Waals surface area contributed by atoms with Crippen LogP contribution in [0.2, 0.25) is 0 Å². The zero-order valence-corrected chi connectivity index (χ0v) is 13.4. The third kappa shape index (κ3) is 4.19. The molecule has 2 N–H and O–H groups in total. The molecular formula is C15H20N4O4. The first kappa shape index (κ1) is 16.8. The average Bonchev–Trinajstić information content (AvgIpc) is 2.51. The number of hydrogen-bond acceptors (Lipinski definition) is 5. The monoisotopic (exact) mass is 320 g/mol. The van der Waals surface area contributed by atoms with E-state index in [9.17, 15) is 14.4 Å². The lowest BCUT2D eigenvalue weighted by atomic mass is 10.2. The van der Waals surface area contributed by atoms with E-state index in [1.807, 2.05) is 19.0 Å². The Labute approximate surface area is 134 Å². The molecule has 0 fully saturated rings. The van der Waals surface area contributed by atoms with Gasteiger partial charge in [0.05, 0.1) is 5.69 Å². The van der Waals surface area contributed by atoms with Crippen LogP contribution in [0, 0.1) is 0 Å². The van der Waals surface area contributed by atoms with Gasteiger partial charge in [0.2, 0.25) is 0 Å². The molecule has 0 bridgehead atoms. The highest BCUT2D eigenvalue weighted by atomic mass is 16.5. The van der Waals surface area contributed by atoms with Gasteiger partial charge in [-0.2, -0.15) is 0 Å². The molecule has 23 heavy (non-hydrogen) atoms. The number of likely N-dealkylation sites (N-methyl/N-ethyl adjacent to an activating group) is 2. The third-order valence-electron chi connectivity index (χ3n) is 3.35. The third-order valence-corrected chi connectivity index (χ3v) is 3.35. The lowest BCUT2D eigenvalue weighted by Gasteiger charge is -2.26. The number of hydrogen-bond donors (Lipinski definition) is 2. The first-order valence-corrected chi connectivity index (χ1v) is 7.16. The Morgan fingerprint density at radius 3 is 2.74 bits per heavy atom. The summed E-state index contributed by atoms with van der Waals surface area (Å²) in [4.78, 5) is 38.5. The second-order valence-corrected chi connectivity index (χ2v) is 5.44. The van der Waals surface area contributed by atoms with E-state index in [0.29, 0.717) is 30.2 Å². The molecule has 8 nitrogen and oxygen atoms in total. The van der Waals surface area contributed by atoms with E-state index >= 15 is 0 Å². The standard InChI is InChI=1S/C15H20N4O4/c1-18(2)7-6-16-14(21)15(22)17-10-4-5-12-11(8-10)19(3)13(20)9-23-12/h4-5,8H,6-7,9H2,1-3H3,(H,16,21)(H,17,22). The Balaban J connectivity index is 1.99. The summed E-state index contributed by atoms with van der Waals surface area (Å²) in [7, 11) is 5.38. The van der Waals surface area contributed by atoms with Crippen molar-refractivity contribution in [1.29, 1.82) is 0 Å². The van der Waals surface area contributed by atoms with Crippen molar-refractivity contribution >= 4 is 29.1 Å². The summed E-state index contributed by atoms with van der Waals surface area (Å²) in [5.41, 5.74) is 0.966. The van der Waals surface area contributed by atoms with Gasteiger partial charge in [-0.05, 0) is 32.3 Å². The molecule has 3 amide bonds. The molecule has 0 saturated carbocycles. The number of carbonyl (C=O) groups excluding carboxylic acids is 3. The smallest absolute Gasteiger partial charge is 0.313 e. The summed E-state index contributed by atoms with van der Waals surface area (Å²) in [5.74, 6) is -1.08. The van der Waals surface area contributed by atoms with Crippen LogP contribution in [0.5, 0.6) is 5.75 Å². The molecule has 1 heterocycles. The number of rotatable bonds is 4. The lowest BCUT2D eigenvalue weighted by molar-refractivity contribution is -0.136. The number of nitrogens with one attached hydrogen (secondary N) is 2. The van der Waals surface area contributed by atoms with Gasteiger partial charge >= 0.3 is 11.8 Å². The van der Waals surface area contributed by atoms with E-state index in [0.717, 1.165) is 0 Å². The van der Waals surface area contributed by atoms with Crippen molar-refractivity contribution in [2.45, 2.75) is 0 Å². The Morgan fingerprint density at radius 1 is 1.30 bits per heavy atom. The zero-order valence-electron chi connectivity index (χ0n) is 13.4. The Morgan fingerprint density at radius 2 is 2.04 bits per heavy atom. The van der Waals surface area contributed by atoms with Crippen LogP contribution >= 0.6 is 0 Å². The van der Waals surface area contributed by atoms with Gasteiger partial charge in [-0.1, -0.05) is 0 Å². The van der Waals surface area contributed by atoms with Crippen LogP contribution in [0.4, 0.5) is 11.4 Å². The van der Waals surface area contributed by atoms with Crippen molar-refractivity contribution in [1.82, 2.24) is 10.2 Å². The second-order valence-electron chi connectivity index (χ2n) is 5.44. The number of ether oxygens (including phenoxy) is 1. The highest BCUT2D eigenvalue weighted by Crippen LogP contribution is 2.33. The van der Waals surface area contributed by atoms with Gasteiger partial charge < -0.3 is 25.2 Å². The van der Waals surface area contributed by atoms with Gasteiger partial charge in [0.1, 0.15) is 5.75 Å². The van der Waals surface area contributed by atoms with Crippen molar-refractivity contribution < 1.29 is 19.1 Å². The van der Waals surface area contributed by atoms with E-state index in [1.165, 1.54) is 4.90 Å². The van der Waals surface area contributed by atoms with Gasteiger partial charge in [0.25, 0.3) is 5.91 Å². The summed E-state index contributed by atoms with van der Waals surface area (Å²) in [6, 6.07) is 4.86. The molecule has 124 valence electrons. The minimum Gasteiger partial charge on any atom is -0.482 e. The number of anilines is 2. The average molecular weight is 320 g/mol. The predicted molar refractivity (Wildman–Crippen MR) is 85.5 cm³/mol. The van der Waals surface area contributed by atoms with E-state index in [2.05, 4.69) is 10.6 Å². The largest absolute Gasteiger partial charge is 0.482 e. The van der Waals surface area contributed by atoms with Crippen LogP contribution in [0.25, 0.3) is 0 Å². The molecule has 0 aromatic heterocycles. The minimum absolute atomic E-state index is 0.0104. The Hall–Kier alpha value is -2.61.